The number of carbonyl (C=O) groups excluding carboxylic acids is 2. The Kier molecular flexibility index (Phi) is 4.66. The second-order valence-electron chi connectivity index (χ2n) is 5.38. The zero-order valence-electron chi connectivity index (χ0n) is 13.0. The lowest BCUT2D eigenvalue weighted by molar-refractivity contribution is -0.119. The normalized spacial score (nSPS) is 14.0. The van der Waals surface area contributed by atoms with Gasteiger partial charge in [0.2, 0.25) is 5.91 Å². The molecule has 1 heterocycles. The first-order chi connectivity index (χ1) is 11.6. The first-order valence-corrected chi connectivity index (χ1v) is 8.27. The number of hydrogen-bond acceptors (Lipinski definition) is 3. The maximum Gasteiger partial charge on any atom is 0.273 e. The highest BCUT2D eigenvalue weighted by Gasteiger charge is 2.25. The number of rotatable bonds is 3. The number of anilines is 2. The first-order valence-electron chi connectivity index (χ1n) is 7.47. The minimum atomic E-state index is -0.298. The fourth-order valence-corrected chi connectivity index (χ4v) is 2.80. The summed E-state index contributed by atoms with van der Waals surface area (Å²) in [5, 5.41) is 4.25. The van der Waals surface area contributed by atoms with Gasteiger partial charge < -0.3 is 5.32 Å². The third-order valence-electron chi connectivity index (χ3n) is 3.69. The van der Waals surface area contributed by atoms with Crippen molar-refractivity contribution in [1.82, 2.24) is 5.43 Å². The van der Waals surface area contributed by atoms with Crippen LogP contribution in [-0.2, 0) is 9.59 Å². The van der Waals surface area contributed by atoms with Gasteiger partial charge in [0.1, 0.15) is 5.70 Å². The van der Waals surface area contributed by atoms with Gasteiger partial charge in [-0.3, -0.25) is 15.0 Å². The minimum Gasteiger partial charge on any atom is -0.320 e. The van der Waals surface area contributed by atoms with Crippen molar-refractivity contribution in [1.29, 1.82) is 0 Å². The fraction of sp³-hybridized carbons (Fsp3) is 0.111. The second-order valence-corrected chi connectivity index (χ2v) is 6.24. The molecule has 0 radical (unpaired) electrons. The molecule has 1 aliphatic heterocycles. The quantitative estimate of drug-likeness (QED) is 0.849. The highest BCUT2D eigenvalue weighted by molar-refractivity contribution is 9.10. The minimum absolute atomic E-state index is 0.109. The number of halogens is 1. The Morgan fingerprint density at radius 1 is 1.17 bits per heavy atom. The number of hydrogen-bond donors (Lipinski definition) is 2. The van der Waals surface area contributed by atoms with Crippen LogP contribution in [0.1, 0.15) is 12.0 Å². The van der Waals surface area contributed by atoms with Crippen LogP contribution in [0, 0.1) is 6.92 Å². The Morgan fingerprint density at radius 3 is 2.62 bits per heavy atom. The molecule has 0 fully saturated rings. The lowest BCUT2D eigenvalue weighted by Gasteiger charge is -2.29. The lowest BCUT2D eigenvalue weighted by atomic mass is 10.1. The number of amides is 2. The summed E-state index contributed by atoms with van der Waals surface area (Å²) in [4.78, 5) is 24.7. The molecule has 0 saturated carbocycles. The van der Waals surface area contributed by atoms with Gasteiger partial charge in [0.05, 0.1) is 11.4 Å². The molecule has 0 saturated heterocycles. The predicted octanol–water partition coefficient (Wildman–Crippen LogP) is 3.52. The van der Waals surface area contributed by atoms with E-state index in [1.165, 1.54) is 5.01 Å². The number of aryl methyl sites for hydroxylation is 1. The monoisotopic (exact) mass is 385 g/mol. The highest BCUT2D eigenvalue weighted by Crippen LogP contribution is 2.24. The van der Waals surface area contributed by atoms with Crippen molar-refractivity contribution in [2.24, 2.45) is 0 Å². The Bertz CT molecular complexity index is 833. The van der Waals surface area contributed by atoms with Crippen molar-refractivity contribution >= 4 is 39.1 Å². The van der Waals surface area contributed by atoms with Crippen LogP contribution < -0.4 is 15.8 Å². The smallest absolute Gasteiger partial charge is 0.273 e. The zero-order chi connectivity index (χ0) is 17.1. The topological polar surface area (TPSA) is 61.4 Å². The van der Waals surface area contributed by atoms with E-state index in [1.807, 2.05) is 49.4 Å². The number of benzene rings is 2. The van der Waals surface area contributed by atoms with Crippen molar-refractivity contribution < 1.29 is 9.59 Å². The van der Waals surface area contributed by atoms with E-state index in [-0.39, 0.29) is 18.2 Å². The van der Waals surface area contributed by atoms with Gasteiger partial charge in [0.25, 0.3) is 5.91 Å². The number of nitrogens with zero attached hydrogens (tertiary/aromatic N) is 1. The van der Waals surface area contributed by atoms with Gasteiger partial charge in [0.15, 0.2) is 0 Å². The summed E-state index contributed by atoms with van der Waals surface area (Å²) in [6.45, 7) is 1.92. The molecule has 24 heavy (non-hydrogen) atoms. The van der Waals surface area contributed by atoms with Crippen LogP contribution in [0.25, 0.3) is 0 Å². The Labute approximate surface area is 148 Å². The highest BCUT2D eigenvalue weighted by atomic mass is 79.9. The van der Waals surface area contributed by atoms with Crippen molar-refractivity contribution in [3.63, 3.8) is 0 Å². The van der Waals surface area contributed by atoms with Crippen LogP contribution in [0.2, 0.25) is 0 Å². The molecule has 122 valence electrons. The van der Waals surface area contributed by atoms with Crippen LogP contribution in [0.3, 0.4) is 0 Å². The van der Waals surface area contributed by atoms with Crippen molar-refractivity contribution in [2.45, 2.75) is 13.3 Å². The largest absolute Gasteiger partial charge is 0.320 e. The predicted molar refractivity (Wildman–Crippen MR) is 97.3 cm³/mol. The lowest BCUT2D eigenvalue weighted by Crippen LogP contribution is -2.48. The summed E-state index contributed by atoms with van der Waals surface area (Å²) in [6.07, 6.45) is 1.77. The molecule has 0 atom stereocenters. The van der Waals surface area contributed by atoms with Gasteiger partial charge in [-0.15, -0.1) is 0 Å². The van der Waals surface area contributed by atoms with E-state index in [9.17, 15) is 9.59 Å². The van der Waals surface area contributed by atoms with Crippen LogP contribution in [-0.4, -0.2) is 11.8 Å². The average molecular weight is 386 g/mol. The van der Waals surface area contributed by atoms with E-state index >= 15 is 0 Å². The standard InChI is InChI=1S/C18H16BrN3O2/c1-12-6-2-5-9-16(12)22-17(23)11-10-15(21-22)18(24)20-14-8-4-3-7-13(14)19/h2-10,21H,11H2,1H3,(H,20,24). The second kappa shape index (κ2) is 6.88. The molecule has 2 N–H and O–H groups in total. The molecular weight excluding hydrogens is 370 g/mol. The maximum atomic E-state index is 12.5. The summed E-state index contributed by atoms with van der Waals surface area (Å²) >= 11 is 3.40. The third-order valence-corrected chi connectivity index (χ3v) is 4.38. The summed E-state index contributed by atoms with van der Waals surface area (Å²) in [6, 6.07) is 14.9. The summed E-state index contributed by atoms with van der Waals surface area (Å²) in [5.74, 6) is -0.408. The maximum absolute atomic E-state index is 12.5. The average Bonchev–Trinajstić information content (AvgIpc) is 2.58. The van der Waals surface area contributed by atoms with Gasteiger partial charge in [0, 0.05) is 10.9 Å². The van der Waals surface area contributed by atoms with E-state index < -0.39 is 0 Å². The van der Waals surface area contributed by atoms with E-state index in [0.717, 1.165) is 15.7 Å². The van der Waals surface area contributed by atoms with Gasteiger partial charge >= 0.3 is 0 Å². The Morgan fingerprint density at radius 2 is 1.88 bits per heavy atom. The van der Waals surface area contributed by atoms with Gasteiger partial charge in [-0.2, -0.15) is 0 Å². The summed E-state index contributed by atoms with van der Waals surface area (Å²) < 4.78 is 0.793. The van der Waals surface area contributed by atoms with E-state index in [2.05, 4.69) is 26.7 Å². The number of nitrogens with one attached hydrogen (secondary N) is 2. The molecule has 0 unspecified atom stereocenters. The van der Waals surface area contributed by atoms with Crippen LogP contribution in [0.15, 0.2) is 64.8 Å². The van der Waals surface area contributed by atoms with Crippen molar-refractivity contribution in [3.05, 3.63) is 70.3 Å². The first kappa shape index (κ1) is 16.3. The van der Waals surface area contributed by atoms with Crippen LogP contribution in [0.4, 0.5) is 11.4 Å². The summed E-state index contributed by atoms with van der Waals surface area (Å²) in [7, 11) is 0. The van der Waals surface area contributed by atoms with Crippen LogP contribution >= 0.6 is 15.9 Å². The fourth-order valence-electron chi connectivity index (χ4n) is 2.41. The van der Waals surface area contributed by atoms with E-state index in [0.29, 0.717) is 11.4 Å². The third kappa shape index (κ3) is 3.33. The van der Waals surface area contributed by atoms with Crippen LogP contribution in [0.5, 0.6) is 0 Å². The van der Waals surface area contributed by atoms with Crippen molar-refractivity contribution in [2.75, 3.05) is 10.3 Å². The molecule has 5 nitrogen and oxygen atoms in total. The zero-order valence-corrected chi connectivity index (χ0v) is 14.6. The van der Waals surface area contributed by atoms with Gasteiger partial charge in [-0.1, -0.05) is 30.3 Å². The molecule has 0 aliphatic carbocycles. The van der Waals surface area contributed by atoms with E-state index in [1.54, 1.807) is 12.1 Å². The Balaban J connectivity index is 1.80. The summed E-state index contributed by atoms with van der Waals surface area (Å²) in [5.41, 5.74) is 5.62. The SMILES string of the molecule is Cc1ccccc1N1NC(C(=O)Nc2ccccc2Br)=CCC1=O. The Hall–Kier alpha value is -2.60. The molecule has 0 aromatic heterocycles. The number of carbonyl (C=O) groups is 2. The number of para-hydroxylation sites is 2. The molecule has 1 aliphatic rings. The molecular formula is C18H16BrN3O2. The molecule has 3 rings (SSSR count). The van der Waals surface area contributed by atoms with Crippen molar-refractivity contribution in [3.8, 4) is 0 Å². The molecule has 6 heteroatoms. The molecule has 2 amide bonds. The van der Waals surface area contributed by atoms with Gasteiger partial charge in [-0.05, 0) is 52.7 Å². The number of hydrazine groups is 1. The van der Waals surface area contributed by atoms with Gasteiger partial charge in [-0.25, -0.2) is 5.01 Å². The molecule has 0 spiro atoms. The molecule has 0 bridgehead atoms. The molecule has 2 aromatic carbocycles. The molecule has 2 aromatic rings. The van der Waals surface area contributed by atoms with E-state index in [4.69, 9.17) is 0 Å².